The smallest absolute Gasteiger partial charge is 0.224 e. The molecule has 86 valence electrons. The largest absolute Gasteiger partial charge is 0.402 e. The van der Waals surface area contributed by atoms with E-state index >= 15 is 0 Å². The highest BCUT2D eigenvalue weighted by molar-refractivity contribution is 5.83. The minimum absolute atomic E-state index is 0.0477. The molecule has 0 heterocycles. The molecule has 0 aromatic carbocycles. The topological polar surface area (TPSA) is 69.1 Å². The molecule has 16 heavy (non-hydrogen) atoms. The molecule has 0 aromatic heterocycles. The van der Waals surface area contributed by atoms with E-state index < -0.39 is 0 Å². The maximum Gasteiger partial charge on any atom is 0.224 e. The van der Waals surface area contributed by atoms with Gasteiger partial charge in [0.2, 0.25) is 5.91 Å². The summed E-state index contributed by atoms with van der Waals surface area (Å²) >= 11 is 0. The van der Waals surface area contributed by atoms with Gasteiger partial charge in [0.1, 0.15) is 0 Å². The molecule has 3 nitrogen and oxygen atoms in total. The van der Waals surface area contributed by atoms with E-state index in [1.807, 2.05) is 0 Å². The van der Waals surface area contributed by atoms with Crippen LogP contribution >= 0.6 is 0 Å². The first-order valence-corrected chi connectivity index (χ1v) is 6.36. The van der Waals surface area contributed by atoms with E-state index in [0.717, 1.165) is 37.8 Å². The van der Waals surface area contributed by atoms with Gasteiger partial charge in [-0.15, -0.1) is 0 Å². The first-order chi connectivity index (χ1) is 7.59. The summed E-state index contributed by atoms with van der Waals surface area (Å²) in [6.07, 6.45) is 6.50. The van der Waals surface area contributed by atoms with Gasteiger partial charge in [-0.1, -0.05) is 5.57 Å². The number of nitrogens with two attached hydrogens (primary N) is 2. The van der Waals surface area contributed by atoms with E-state index in [2.05, 4.69) is 0 Å². The number of primary amides is 1. The van der Waals surface area contributed by atoms with E-state index in [1.165, 1.54) is 12.0 Å². The monoisotopic (exact) mass is 218 g/mol. The van der Waals surface area contributed by atoms with Gasteiger partial charge in [0.15, 0.2) is 0 Å². The number of hydrogen-bond donors (Lipinski definition) is 2. The fourth-order valence-electron chi connectivity index (χ4n) is 5.57. The zero-order valence-corrected chi connectivity index (χ0v) is 9.46. The molecule has 1 amide bonds. The average molecular weight is 218 g/mol. The van der Waals surface area contributed by atoms with Crippen molar-refractivity contribution in [2.45, 2.75) is 38.5 Å². The first-order valence-electron chi connectivity index (χ1n) is 6.36. The predicted molar refractivity (Wildman–Crippen MR) is 60.0 cm³/mol. The van der Waals surface area contributed by atoms with Crippen LogP contribution < -0.4 is 11.5 Å². The molecule has 0 aromatic rings. The highest BCUT2D eigenvalue weighted by Gasteiger charge is 2.71. The predicted octanol–water partition coefficient (Wildman–Crippen LogP) is 1.28. The van der Waals surface area contributed by atoms with Gasteiger partial charge in [0, 0.05) is 11.6 Å². The van der Waals surface area contributed by atoms with Gasteiger partial charge in [0.25, 0.3) is 0 Å². The molecular formula is C13H18N2O. The molecule has 1 spiro atoms. The lowest BCUT2D eigenvalue weighted by Gasteiger charge is -2.38. The summed E-state index contributed by atoms with van der Waals surface area (Å²) in [5, 5.41) is 0. The molecule has 4 aliphatic carbocycles. The van der Waals surface area contributed by atoms with Crippen molar-refractivity contribution in [3.63, 3.8) is 0 Å². The summed E-state index contributed by atoms with van der Waals surface area (Å²) in [6.45, 7) is 0. The Labute approximate surface area is 95.2 Å². The standard InChI is InChI=1S/C13H18N2O/c14-10-7-3-9-1-2-12(11(15)16)5-8(10)6-13(9,12)4-7/h8-9H,1-6,14H2,(H2,15,16). The van der Waals surface area contributed by atoms with E-state index in [-0.39, 0.29) is 16.7 Å². The van der Waals surface area contributed by atoms with Crippen LogP contribution in [0.3, 0.4) is 0 Å². The van der Waals surface area contributed by atoms with Gasteiger partial charge in [-0.05, 0) is 49.9 Å². The second-order valence-electron chi connectivity index (χ2n) is 6.38. The molecule has 4 N–H and O–H groups in total. The zero-order valence-electron chi connectivity index (χ0n) is 9.46. The first kappa shape index (κ1) is 9.08. The molecule has 0 aliphatic heterocycles. The molecule has 3 heteroatoms. The number of carbonyl (C=O) groups is 1. The second kappa shape index (κ2) is 2.31. The van der Waals surface area contributed by atoms with Crippen LogP contribution in [0, 0.1) is 22.7 Å². The van der Waals surface area contributed by atoms with Crippen LogP contribution in [0.2, 0.25) is 0 Å². The van der Waals surface area contributed by atoms with E-state index in [1.54, 1.807) is 0 Å². The number of fused-ring (bicyclic) bond motifs is 2. The summed E-state index contributed by atoms with van der Waals surface area (Å²) in [4.78, 5) is 12.0. The van der Waals surface area contributed by atoms with Crippen molar-refractivity contribution in [3.8, 4) is 0 Å². The SMILES string of the molecule is NC(=O)C12CCC3CC4=C(N)C(C1)CC32C4. The Morgan fingerprint density at radius 3 is 2.94 bits per heavy atom. The van der Waals surface area contributed by atoms with Gasteiger partial charge in [0.05, 0.1) is 5.41 Å². The minimum Gasteiger partial charge on any atom is -0.402 e. The van der Waals surface area contributed by atoms with Crippen LogP contribution in [-0.4, -0.2) is 5.91 Å². The third kappa shape index (κ3) is 0.668. The Balaban J connectivity index is 1.96. The fourth-order valence-corrected chi connectivity index (χ4v) is 5.57. The molecule has 4 atom stereocenters. The van der Waals surface area contributed by atoms with E-state index in [4.69, 9.17) is 11.5 Å². The minimum atomic E-state index is -0.203. The number of hydrogen-bond acceptors (Lipinski definition) is 2. The van der Waals surface area contributed by atoms with E-state index in [9.17, 15) is 4.79 Å². The van der Waals surface area contributed by atoms with Crippen LogP contribution in [0.4, 0.5) is 0 Å². The lowest BCUT2D eigenvalue weighted by Crippen LogP contribution is -2.44. The summed E-state index contributed by atoms with van der Waals surface area (Å²) in [7, 11) is 0. The molecule has 3 saturated carbocycles. The lowest BCUT2D eigenvalue weighted by atomic mass is 9.64. The number of allylic oxidation sites excluding steroid dienone is 2. The Morgan fingerprint density at radius 2 is 2.19 bits per heavy atom. The molecule has 0 radical (unpaired) electrons. The molecule has 0 saturated heterocycles. The zero-order chi connectivity index (χ0) is 11.1. The van der Waals surface area contributed by atoms with Crippen molar-refractivity contribution in [2.75, 3.05) is 0 Å². The van der Waals surface area contributed by atoms with Gasteiger partial charge in [-0.2, -0.15) is 0 Å². The van der Waals surface area contributed by atoms with Crippen molar-refractivity contribution in [1.82, 2.24) is 0 Å². The third-order valence-electron chi connectivity index (χ3n) is 6.20. The van der Waals surface area contributed by atoms with Crippen LogP contribution in [0.5, 0.6) is 0 Å². The summed E-state index contributed by atoms with van der Waals surface area (Å²) in [5.74, 6) is 1.11. The second-order valence-corrected chi connectivity index (χ2v) is 6.38. The highest BCUT2D eigenvalue weighted by atomic mass is 16.1. The summed E-state index contributed by atoms with van der Waals surface area (Å²) in [6, 6.07) is 0. The van der Waals surface area contributed by atoms with Gasteiger partial charge in [-0.25, -0.2) is 0 Å². The van der Waals surface area contributed by atoms with Crippen molar-refractivity contribution in [3.05, 3.63) is 11.3 Å². The van der Waals surface area contributed by atoms with Crippen molar-refractivity contribution in [2.24, 2.45) is 34.1 Å². The number of rotatable bonds is 1. The van der Waals surface area contributed by atoms with Crippen LogP contribution in [-0.2, 0) is 4.79 Å². The molecular weight excluding hydrogens is 200 g/mol. The molecule has 3 fully saturated rings. The highest BCUT2D eigenvalue weighted by Crippen LogP contribution is 2.76. The fraction of sp³-hybridized carbons (Fsp3) is 0.769. The summed E-state index contributed by atoms with van der Waals surface area (Å²) < 4.78 is 0. The number of carbonyl (C=O) groups excluding carboxylic acids is 1. The van der Waals surface area contributed by atoms with Gasteiger partial charge in [-0.3, -0.25) is 4.79 Å². The number of amides is 1. The Kier molecular flexibility index (Phi) is 1.31. The van der Waals surface area contributed by atoms with Crippen molar-refractivity contribution in [1.29, 1.82) is 0 Å². The average Bonchev–Trinajstić information content (AvgIpc) is 2.77. The summed E-state index contributed by atoms with van der Waals surface area (Å²) in [5.41, 5.74) is 14.6. The Morgan fingerprint density at radius 1 is 1.38 bits per heavy atom. The maximum atomic E-state index is 12.0. The Bertz CT molecular complexity index is 441. The quantitative estimate of drug-likeness (QED) is 0.696. The van der Waals surface area contributed by atoms with Gasteiger partial charge < -0.3 is 11.5 Å². The molecule has 4 rings (SSSR count). The molecule has 4 unspecified atom stereocenters. The molecule has 3 bridgehead atoms. The lowest BCUT2D eigenvalue weighted by molar-refractivity contribution is -0.132. The van der Waals surface area contributed by atoms with Gasteiger partial charge >= 0.3 is 0 Å². The third-order valence-corrected chi connectivity index (χ3v) is 6.20. The Hall–Kier alpha value is -0.990. The van der Waals surface area contributed by atoms with Crippen molar-refractivity contribution < 1.29 is 4.79 Å². The van der Waals surface area contributed by atoms with Crippen molar-refractivity contribution >= 4 is 5.91 Å². The maximum absolute atomic E-state index is 12.0. The molecule has 4 aliphatic rings. The van der Waals surface area contributed by atoms with Crippen LogP contribution in [0.1, 0.15) is 38.5 Å². The van der Waals surface area contributed by atoms with Crippen LogP contribution in [0.25, 0.3) is 0 Å². The normalized spacial score (nSPS) is 52.5. The van der Waals surface area contributed by atoms with E-state index in [0.29, 0.717) is 11.8 Å². The van der Waals surface area contributed by atoms with Crippen LogP contribution in [0.15, 0.2) is 11.3 Å².